The summed E-state index contributed by atoms with van der Waals surface area (Å²) in [6.45, 7) is 0. The Bertz CT molecular complexity index is 724. The molecule has 0 radical (unpaired) electrons. The Morgan fingerprint density at radius 1 is 0.955 bits per heavy atom. The Kier molecular flexibility index (Phi) is 5.85. The number of thiocarbonyl (C=S) groups is 1. The van der Waals surface area contributed by atoms with Crippen LogP contribution in [0.2, 0.25) is 15.1 Å². The summed E-state index contributed by atoms with van der Waals surface area (Å²) in [5, 5.41) is 4.37. The minimum atomic E-state index is -0.433. The molecule has 2 rings (SSSR count). The molecule has 22 heavy (non-hydrogen) atoms. The number of carbonyl (C=O) groups excluding carboxylic acids is 1. The predicted molar refractivity (Wildman–Crippen MR) is 94.7 cm³/mol. The number of hydrogen-bond acceptors (Lipinski definition) is 2. The first-order valence-electron chi connectivity index (χ1n) is 6.03. The Labute approximate surface area is 147 Å². The number of benzene rings is 2. The van der Waals surface area contributed by atoms with Crippen molar-refractivity contribution >= 4 is 63.7 Å². The molecule has 0 fully saturated rings. The zero-order valence-corrected chi connectivity index (χ0v) is 14.1. The molecule has 0 aliphatic heterocycles. The van der Waals surface area contributed by atoms with Gasteiger partial charge in [0.05, 0.1) is 10.6 Å². The van der Waals surface area contributed by atoms with Gasteiger partial charge in [0.15, 0.2) is 5.11 Å². The molecule has 3 N–H and O–H groups in total. The second kappa shape index (κ2) is 7.65. The first-order chi connectivity index (χ1) is 10.5. The summed E-state index contributed by atoms with van der Waals surface area (Å²) in [5.74, 6) is -0.433. The van der Waals surface area contributed by atoms with Crippen molar-refractivity contribution in [2.24, 2.45) is 0 Å². The Morgan fingerprint density at radius 3 is 2.36 bits per heavy atom. The SMILES string of the molecule is O=C(NNC(=S)Nc1cccc(Cl)c1)c1ccc(Cl)cc1Cl. The van der Waals surface area contributed by atoms with E-state index in [4.69, 9.17) is 47.0 Å². The van der Waals surface area contributed by atoms with Gasteiger partial charge in [0, 0.05) is 15.7 Å². The van der Waals surface area contributed by atoms with E-state index in [1.807, 2.05) is 0 Å². The van der Waals surface area contributed by atoms with Gasteiger partial charge >= 0.3 is 0 Å². The molecule has 0 aliphatic rings. The van der Waals surface area contributed by atoms with Crippen molar-refractivity contribution in [2.45, 2.75) is 0 Å². The zero-order valence-electron chi connectivity index (χ0n) is 11.0. The molecule has 0 saturated carbocycles. The summed E-state index contributed by atoms with van der Waals surface area (Å²) >= 11 is 22.7. The minimum absolute atomic E-state index is 0.209. The predicted octanol–water partition coefficient (Wildman–Crippen LogP) is 4.28. The molecule has 0 bridgehead atoms. The van der Waals surface area contributed by atoms with Crippen molar-refractivity contribution in [3.05, 3.63) is 63.1 Å². The van der Waals surface area contributed by atoms with Crippen molar-refractivity contribution in [2.75, 3.05) is 5.32 Å². The maximum atomic E-state index is 12.0. The van der Waals surface area contributed by atoms with Crippen LogP contribution in [0.5, 0.6) is 0 Å². The molecule has 4 nitrogen and oxygen atoms in total. The van der Waals surface area contributed by atoms with E-state index in [1.54, 1.807) is 30.3 Å². The van der Waals surface area contributed by atoms with E-state index < -0.39 is 5.91 Å². The van der Waals surface area contributed by atoms with Crippen molar-refractivity contribution < 1.29 is 4.79 Å². The highest BCUT2D eigenvalue weighted by molar-refractivity contribution is 7.80. The number of halogens is 3. The Hall–Kier alpha value is -1.53. The third kappa shape index (κ3) is 4.74. The fourth-order valence-electron chi connectivity index (χ4n) is 1.58. The summed E-state index contributed by atoms with van der Waals surface area (Å²) in [5.41, 5.74) is 6.00. The average Bonchev–Trinajstić information content (AvgIpc) is 2.45. The molecule has 0 spiro atoms. The number of hydrogen-bond donors (Lipinski definition) is 3. The molecule has 0 atom stereocenters. The van der Waals surface area contributed by atoms with Crippen LogP contribution in [0, 0.1) is 0 Å². The fraction of sp³-hybridized carbons (Fsp3) is 0. The van der Waals surface area contributed by atoms with Gasteiger partial charge in [0.1, 0.15) is 0 Å². The van der Waals surface area contributed by atoms with Crippen LogP contribution in [0.15, 0.2) is 42.5 Å². The maximum absolute atomic E-state index is 12.0. The highest BCUT2D eigenvalue weighted by atomic mass is 35.5. The Balaban J connectivity index is 1.92. The standard InChI is InChI=1S/C14H10Cl3N3OS/c15-8-2-1-3-10(6-8)18-14(22)20-19-13(21)11-5-4-9(16)7-12(11)17/h1-7H,(H,19,21)(H2,18,20,22). The summed E-state index contributed by atoms with van der Waals surface area (Å²) in [6, 6.07) is 11.6. The molecular weight excluding hydrogens is 365 g/mol. The van der Waals surface area contributed by atoms with E-state index in [1.165, 1.54) is 12.1 Å². The number of anilines is 1. The van der Waals surface area contributed by atoms with Gasteiger partial charge in [-0.05, 0) is 48.6 Å². The van der Waals surface area contributed by atoms with E-state index >= 15 is 0 Å². The fourth-order valence-corrected chi connectivity index (χ4v) is 2.44. The molecule has 2 aromatic rings. The molecule has 2 aromatic carbocycles. The normalized spacial score (nSPS) is 9.95. The smallest absolute Gasteiger partial charge is 0.271 e. The Morgan fingerprint density at radius 2 is 1.68 bits per heavy atom. The lowest BCUT2D eigenvalue weighted by Gasteiger charge is -2.12. The van der Waals surface area contributed by atoms with Crippen LogP contribution in [-0.4, -0.2) is 11.0 Å². The van der Waals surface area contributed by atoms with Crippen LogP contribution in [-0.2, 0) is 0 Å². The highest BCUT2D eigenvalue weighted by Crippen LogP contribution is 2.20. The molecular formula is C14H10Cl3N3OS. The van der Waals surface area contributed by atoms with Gasteiger partial charge in [0.25, 0.3) is 5.91 Å². The topological polar surface area (TPSA) is 53.2 Å². The maximum Gasteiger partial charge on any atom is 0.271 e. The molecule has 0 saturated heterocycles. The lowest BCUT2D eigenvalue weighted by molar-refractivity contribution is 0.0944. The van der Waals surface area contributed by atoms with Crippen molar-refractivity contribution in [1.82, 2.24) is 10.9 Å². The summed E-state index contributed by atoms with van der Waals surface area (Å²) in [7, 11) is 0. The molecule has 114 valence electrons. The van der Waals surface area contributed by atoms with Crippen molar-refractivity contribution in [3.8, 4) is 0 Å². The van der Waals surface area contributed by atoms with Gasteiger partial charge in [-0.15, -0.1) is 0 Å². The minimum Gasteiger partial charge on any atom is -0.331 e. The van der Waals surface area contributed by atoms with Gasteiger partial charge in [-0.3, -0.25) is 15.6 Å². The largest absolute Gasteiger partial charge is 0.331 e. The first-order valence-corrected chi connectivity index (χ1v) is 7.58. The van der Waals surface area contributed by atoms with Gasteiger partial charge in [0.2, 0.25) is 0 Å². The quantitative estimate of drug-likeness (QED) is 0.542. The van der Waals surface area contributed by atoms with Gasteiger partial charge in [-0.1, -0.05) is 40.9 Å². The van der Waals surface area contributed by atoms with E-state index in [-0.39, 0.29) is 15.7 Å². The number of amides is 1. The van der Waals surface area contributed by atoms with Crippen LogP contribution in [0.4, 0.5) is 5.69 Å². The molecule has 0 heterocycles. The number of carbonyl (C=O) groups is 1. The molecule has 1 amide bonds. The summed E-state index contributed by atoms with van der Waals surface area (Å²) in [4.78, 5) is 12.0. The van der Waals surface area contributed by atoms with Crippen LogP contribution < -0.4 is 16.2 Å². The van der Waals surface area contributed by atoms with Crippen LogP contribution in [0.3, 0.4) is 0 Å². The highest BCUT2D eigenvalue weighted by Gasteiger charge is 2.10. The van der Waals surface area contributed by atoms with Crippen molar-refractivity contribution in [3.63, 3.8) is 0 Å². The van der Waals surface area contributed by atoms with Crippen molar-refractivity contribution in [1.29, 1.82) is 0 Å². The third-order valence-electron chi connectivity index (χ3n) is 2.55. The lowest BCUT2D eigenvalue weighted by atomic mass is 10.2. The van der Waals surface area contributed by atoms with E-state index in [9.17, 15) is 4.79 Å². The number of hydrazine groups is 1. The number of rotatable bonds is 2. The van der Waals surface area contributed by atoms with E-state index in [2.05, 4.69) is 16.2 Å². The third-order valence-corrected chi connectivity index (χ3v) is 3.53. The number of nitrogens with one attached hydrogen (secondary N) is 3. The molecule has 0 unspecified atom stereocenters. The van der Waals surface area contributed by atoms with Gasteiger partial charge in [-0.25, -0.2) is 0 Å². The first kappa shape index (κ1) is 16.8. The molecule has 8 heteroatoms. The van der Waals surface area contributed by atoms with Crippen LogP contribution in [0.1, 0.15) is 10.4 Å². The zero-order chi connectivity index (χ0) is 16.1. The van der Waals surface area contributed by atoms with Gasteiger partial charge < -0.3 is 5.32 Å². The van der Waals surface area contributed by atoms with E-state index in [0.717, 1.165) is 0 Å². The average molecular weight is 375 g/mol. The summed E-state index contributed by atoms with van der Waals surface area (Å²) in [6.07, 6.45) is 0. The lowest BCUT2D eigenvalue weighted by Crippen LogP contribution is -2.43. The second-order valence-corrected chi connectivity index (χ2v) is 5.86. The van der Waals surface area contributed by atoms with Gasteiger partial charge in [-0.2, -0.15) is 0 Å². The van der Waals surface area contributed by atoms with Crippen LogP contribution in [0.25, 0.3) is 0 Å². The van der Waals surface area contributed by atoms with Crippen LogP contribution >= 0.6 is 47.0 Å². The second-order valence-electron chi connectivity index (χ2n) is 4.17. The molecule has 0 aliphatic carbocycles. The van der Waals surface area contributed by atoms with E-state index in [0.29, 0.717) is 15.7 Å². The molecule has 0 aromatic heterocycles. The summed E-state index contributed by atoms with van der Waals surface area (Å²) < 4.78 is 0. The monoisotopic (exact) mass is 373 g/mol.